The van der Waals surface area contributed by atoms with Crippen molar-refractivity contribution in [3.63, 3.8) is 0 Å². The summed E-state index contributed by atoms with van der Waals surface area (Å²) in [6.07, 6.45) is -10.3. The van der Waals surface area contributed by atoms with E-state index in [1.54, 1.807) is 0 Å². The molecule has 1 saturated heterocycles. The van der Waals surface area contributed by atoms with Crippen LogP contribution in [0.4, 0.5) is 0 Å². The highest BCUT2D eigenvalue weighted by atomic mass is 16.7. The second-order valence-electron chi connectivity index (χ2n) is 7.91. The quantitative estimate of drug-likeness (QED) is 0.275. The molecule has 0 unspecified atom stereocenters. The van der Waals surface area contributed by atoms with Gasteiger partial charge in [0.15, 0.2) is 23.7 Å². The zero-order valence-electron chi connectivity index (χ0n) is 17.8. The summed E-state index contributed by atoms with van der Waals surface area (Å²) in [7, 11) is 1.31. The number of phenols is 2. The Labute approximate surface area is 192 Å². The third-order valence-corrected chi connectivity index (χ3v) is 5.73. The molecule has 1 fully saturated rings. The molecular weight excluding hydrogens is 456 g/mol. The maximum atomic E-state index is 12.6. The fraction of sp³-hybridized carbons (Fsp3) is 0.409. The molecule has 0 radical (unpaired) electrons. The van der Waals surface area contributed by atoms with Crippen molar-refractivity contribution in [1.82, 2.24) is 0 Å². The predicted molar refractivity (Wildman–Crippen MR) is 111 cm³/mol. The first kappa shape index (κ1) is 24.0. The number of benzene rings is 2. The van der Waals surface area contributed by atoms with Gasteiger partial charge < -0.3 is 54.7 Å². The number of fused-ring (bicyclic) bond motifs is 1. The summed E-state index contributed by atoms with van der Waals surface area (Å²) in [5.41, 5.74) is 0.0309. The lowest BCUT2D eigenvalue weighted by molar-refractivity contribution is -0.277. The smallest absolute Gasteiger partial charge is 0.229 e. The van der Waals surface area contributed by atoms with Crippen LogP contribution in [0.3, 0.4) is 0 Å². The Kier molecular flexibility index (Phi) is 6.53. The molecule has 0 amide bonds. The van der Waals surface area contributed by atoms with Crippen LogP contribution in [0.2, 0.25) is 0 Å². The van der Waals surface area contributed by atoms with E-state index >= 15 is 0 Å². The molecule has 0 spiro atoms. The summed E-state index contributed by atoms with van der Waals surface area (Å²) in [5, 5.41) is 69.6. The first-order chi connectivity index (χ1) is 16.2. The maximum Gasteiger partial charge on any atom is 0.229 e. The van der Waals surface area contributed by atoms with Crippen LogP contribution in [0, 0.1) is 0 Å². The third-order valence-electron chi connectivity index (χ3n) is 5.73. The number of hydrogen-bond acceptors (Lipinski definition) is 12. The van der Waals surface area contributed by atoms with Crippen molar-refractivity contribution in [1.29, 1.82) is 0 Å². The average molecular weight is 480 g/mol. The van der Waals surface area contributed by atoms with Gasteiger partial charge in [-0.2, -0.15) is 0 Å². The number of aliphatic hydroxyl groups is 5. The van der Waals surface area contributed by atoms with Gasteiger partial charge in [-0.15, -0.1) is 0 Å². The number of methoxy groups -OCH3 is 1. The molecule has 2 aromatic carbocycles. The van der Waals surface area contributed by atoms with Crippen LogP contribution in [-0.4, -0.2) is 92.1 Å². The van der Waals surface area contributed by atoms with Gasteiger partial charge in [0.1, 0.15) is 47.2 Å². The molecule has 2 aromatic rings. The Hall–Kier alpha value is -3.13. The number of aliphatic hydroxyl groups excluding tert-OH is 5. The molecule has 7 atom stereocenters. The first-order valence-electron chi connectivity index (χ1n) is 10.3. The molecule has 0 bridgehead atoms. The number of Topliss-reactive ketones (excluding diaryl/α,β-unsaturated/α-hetero) is 1. The highest BCUT2D eigenvalue weighted by Crippen LogP contribution is 2.43. The Morgan fingerprint density at radius 3 is 2.38 bits per heavy atom. The molecule has 184 valence electrons. The van der Waals surface area contributed by atoms with Gasteiger partial charge in [0.25, 0.3) is 0 Å². The number of aromatic hydroxyl groups is 2. The van der Waals surface area contributed by atoms with Gasteiger partial charge >= 0.3 is 0 Å². The number of ketones is 1. The standard InChI is InChI=1S/C22H24O12/c1-31-12-4-8(21-19(29)17(27)15-10(25)5-9(24)6-13(15)32-21)2-3-11(12)33-22-20(30)18(28)16(26)14(7-23)34-22/h2-6,14,16,18-26,28-30H,7H2,1H3/t14-,16-,18+,19+,20-,21-,22-/m1/s1. The Bertz CT molecular complexity index is 1070. The van der Waals surface area contributed by atoms with E-state index in [1.807, 2.05) is 0 Å². The summed E-state index contributed by atoms with van der Waals surface area (Å²) >= 11 is 0. The van der Waals surface area contributed by atoms with Crippen LogP contribution in [0.25, 0.3) is 0 Å². The van der Waals surface area contributed by atoms with E-state index < -0.39 is 61.1 Å². The molecule has 2 heterocycles. The predicted octanol–water partition coefficient (Wildman–Crippen LogP) is -1.04. The number of hydrogen-bond donors (Lipinski definition) is 7. The van der Waals surface area contributed by atoms with Crippen molar-refractivity contribution in [2.75, 3.05) is 13.7 Å². The molecule has 34 heavy (non-hydrogen) atoms. The monoisotopic (exact) mass is 480 g/mol. The van der Waals surface area contributed by atoms with Crippen LogP contribution in [0.5, 0.6) is 28.7 Å². The molecule has 12 nitrogen and oxygen atoms in total. The van der Waals surface area contributed by atoms with E-state index in [0.717, 1.165) is 12.1 Å². The molecule has 0 saturated carbocycles. The SMILES string of the molecule is COc1cc([C@H]2Oc3cc(O)cc(O)c3C(=O)[C@@H]2O)ccc1O[C@@H]1O[C@H](CO)[C@@H](O)[C@H](O)[C@H]1O. The topological polar surface area (TPSA) is 196 Å². The zero-order chi connectivity index (χ0) is 24.7. The second-order valence-corrected chi connectivity index (χ2v) is 7.91. The van der Waals surface area contributed by atoms with Crippen molar-refractivity contribution < 1.29 is 59.5 Å². The molecule has 0 aromatic heterocycles. The van der Waals surface area contributed by atoms with Crippen LogP contribution in [-0.2, 0) is 4.74 Å². The van der Waals surface area contributed by atoms with Gasteiger partial charge in [-0.1, -0.05) is 6.07 Å². The molecule has 0 aliphatic carbocycles. The largest absolute Gasteiger partial charge is 0.508 e. The third kappa shape index (κ3) is 4.11. The number of phenolic OH excluding ortho intramolecular Hbond substituents is 2. The summed E-state index contributed by atoms with van der Waals surface area (Å²) in [5.74, 6) is -1.65. The lowest BCUT2D eigenvalue weighted by atomic mass is 9.92. The molecule has 4 rings (SSSR count). The van der Waals surface area contributed by atoms with Crippen molar-refractivity contribution in [3.8, 4) is 28.7 Å². The van der Waals surface area contributed by atoms with Gasteiger partial charge in [-0.3, -0.25) is 4.79 Å². The van der Waals surface area contributed by atoms with Crippen molar-refractivity contribution in [3.05, 3.63) is 41.5 Å². The van der Waals surface area contributed by atoms with Crippen molar-refractivity contribution in [2.45, 2.75) is 42.9 Å². The fourth-order valence-corrected chi connectivity index (χ4v) is 3.91. The Balaban J connectivity index is 1.61. The van der Waals surface area contributed by atoms with E-state index in [1.165, 1.54) is 25.3 Å². The molecule has 7 N–H and O–H groups in total. The lowest BCUT2D eigenvalue weighted by Gasteiger charge is -2.39. The normalized spacial score (nSPS) is 30.9. The van der Waals surface area contributed by atoms with Gasteiger partial charge in [-0.25, -0.2) is 0 Å². The molecule has 12 heteroatoms. The fourth-order valence-electron chi connectivity index (χ4n) is 3.91. The van der Waals surface area contributed by atoms with E-state index in [0.29, 0.717) is 0 Å². The number of carbonyl (C=O) groups is 1. The highest BCUT2D eigenvalue weighted by Gasteiger charge is 2.45. The molecular formula is C22H24O12. The first-order valence-corrected chi connectivity index (χ1v) is 10.3. The summed E-state index contributed by atoms with van der Waals surface area (Å²) in [6, 6.07) is 6.32. The van der Waals surface area contributed by atoms with Crippen LogP contribution < -0.4 is 14.2 Å². The lowest BCUT2D eigenvalue weighted by Crippen LogP contribution is -2.60. The van der Waals surface area contributed by atoms with Crippen LogP contribution in [0.1, 0.15) is 22.0 Å². The molecule has 2 aliphatic rings. The summed E-state index contributed by atoms with van der Waals surface area (Å²) in [6.45, 7) is -0.627. The van der Waals surface area contributed by atoms with E-state index in [4.69, 9.17) is 18.9 Å². The zero-order valence-corrected chi connectivity index (χ0v) is 17.8. The minimum Gasteiger partial charge on any atom is -0.508 e. The Morgan fingerprint density at radius 2 is 1.71 bits per heavy atom. The van der Waals surface area contributed by atoms with Gasteiger partial charge in [0.2, 0.25) is 12.1 Å². The van der Waals surface area contributed by atoms with E-state index in [-0.39, 0.29) is 34.1 Å². The molecule has 2 aliphatic heterocycles. The second kappa shape index (κ2) is 9.25. The number of rotatable bonds is 5. The number of ether oxygens (including phenoxy) is 4. The van der Waals surface area contributed by atoms with Gasteiger partial charge in [-0.05, 0) is 17.7 Å². The van der Waals surface area contributed by atoms with Crippen LogP contribution >= 0.6 is 0 Å². The van der Waals surface area contributed by atoms with Gasteiger partial charge in [0.05, 0.1) is 13.7 Å². The number of carbonyl (C=O) groups excluding carboxylic acids is 1. The summed E-state index contributed by atoms with van der Waals surface area (Å²) < 4.78 is 21.9. The minimum atomic E-state index is -1.68. The van der Waals surface area contributed by atoms with Crippen LogP contribution in [0.15, 0.2) is 30.3 Å². The van der Waals surface area contributed by atoms with Gasteiger partial charge in [0, 0.05) is 12.1 Å². The maximum absolute atomic E-state index is 12.6. The summed E-state index contributed by atoms with van der Waals surface area (Å²) in [4.78, 5) is 12.6. The minimum absolute atomic E-state index is 0.0443. The highest BCUT2D eigenvalue weighted by molar-refractivity contribution is 6.05. The van der Waals surface area contributed by atoms with Crippen molar-refractivity contribution in [2.24, 2.45) is 0 Å². The average Bonchev–Trinajstić information content (AvgIpc) is 2.81. The van der Waals surface area contributed by atoms with E-state index in [2.05, 4.69) is 0 Å². The van der Waals surface area contributed by atoms with E-state index in [9.17, 15) is 40.5 Å². The Morgan fingerprint density at radius 1 is 0.971 bits per heavy atom. The van der Waals surface area contributed by atoms with Crippen molar-refractivity contribution >= 4 is 5.78 Å².